The van der Waals surface area contributed by atoms with Crippen molar-refractivity contribution in [1.82, 2.24) is 9.55 Å². The molecule has 6 heteroatoms. The van der Waals surface area contributed by atoms with Crippen molar-refractivity contribution < 1.29 is 9.90 Å². The molecule has 0 fully saturated rings. The van der Waals surface area contributed by atoms with Gasteiger partial charge in [-0.2, -0.15) is 0 Å². The summed E-state index contributed by atoms with van der Waals surface area (Å²) in [4.78, 5) is 15.4. The number of carboxylic acid groups (broad SMARTS) is 1. The number of nitrogens with zero attached hydrogens (tertiary/aromatic N) is 2. The number of hydrogen-bond acceptors (Lipinski definition) is 3. The molecule has 0 atom stereocenters. The van der Waals surface area contributed by atoms with Crippen molar-refractivity contribution in [3.05, 3.63) is 23.2 Å². The Morgan fingerprint density at radius 2 is 2.19 bits per heavy atom. The van der Waals surface area contributed by atoms with Crippen LogP contribution in [0.3, 0.4) is 0 Å². The minimum Gasteiger partial charge on any atom is -0.481 e. The minimum absolute atomic E-state index is 0.00645. The van der Waals surface area contributed by atoms with Gasteiger partial charge >= 0.3 is 5.97 Å². The molecule has 0 bridgehead atoms. The Kier molecular flexibility index (Phi) is 4.84. The van der Waals surface area contributed by atoms with Gasteiger partial charge in [0.15, 0.2) is 5.16 Å². The lowest BCUT2D eigenvalue weighted by Crippen LogP contribution is -2.19. The summed E-state index contributed by atoms with van der Waals surface area (Å²) in [5, 5.41) is 10.2. The van der Waals surface area contributed by atoms with Gasteiger partial charge in [0.25, 0.3) is 0 Å². The summed E-state index contributed by atoms with van der Waals surface area (Å²) in [6.07, 6.45) is 1.02. The number of fused-ring (bicyclic) bond motifs is 1. The highest BCUT2D eigenvalue weighted by molar-refractivity contribution is 7.99. The normalized spacial score (nSPS) is 12.0. The third-order valence-electron chi connectivity index (χ3n) is 3.56. The largest absolute Gasteiger partial charge is 0.481 e. The summed E-state index contributed by atoms with van der Waals surface area (Å²) in [7, 11) is 0. The van der Waals surface area contributed by atoms with Crippen LogP contribution in [0.2, 0.25) is 5.02 Å². The van der Waals surface area contributed by atoms with Crippen molar-refractivity contribution in [1.29, 1.82) is 0 Å². The average molecular weight is 327 g/mol. The first-order valence-electron chi connectivity index (χ1n) is 6.83. The molecule has 0 spiro atoms. The summed E-state index contributed by atoms with van der Waals surface area (Å²) < 4.78 is 2.08. The first kappa shape index (κ1) is 16.2. The van der Waals surface area contributed by atoms with Crippen LogP contribution in [-0.4, -0.2) is 26.4 Å². The van der Waals surface area contributed by atoms with E-state index < -0.39 is 5.97 Å². The highest BCUT2D eigenvalue weighted by Crippen LogP contribution is 2.32. The minimum atomic E-state index is -0.848. The van der Waals surface area contributed by atoms with Crippen LogP contribution in [0.25, 0.3) is 11.0 Å². The molecule has 2 aromatic rings. The maximum Gasteiger partial charge on any atom is 0.313 e. The van der Waals surface area contributed by atoms with Crippen LogP contribution < -0.4 is 0 Å². The second-order valence-corrected chi connectivity index (χ2v) is 7.14. The van der Waals surface area contributed by atoms with Gasteiger partial charge in [-0.15, -0.1) is 0 Å². The zero-order valence-corrected chi connectivity index (χ0v) is 14.0. The van der Waals surface area contributed by atoms with E-state index in [4.69, 9.17) is 16.7 Å². The Balaban J connectivity index is 2.49. The number of thioether (sulfide) groups is 1. The molecule has 21 heavy (non-hydrogen) atoms. The predicted molar refractivity (Wildman–Crippen MR) is 87.2 cm³/mol. The van der Waals surface area contributed by atoms with Crippen LogP contribution in [-0.2, 0) is 11.3 Å². The summed E-state index contributed by atoms with van der Waals surface area (Å²) >= 11 is 7.44. The topological polar surface area (TPSA) is 55.1 Å². The number of carbonyl (C=O) groups is 1. The lowest BCUT2D eigenvalue weighted by atomic mass is 9.90. The Bertz CT molecular complexity index is 667. The van der Waals surface area contributed by atoms with Gasteiger partial charge in [-0.05, 0) is 24.0 Å². The number of benzene rings is 1. The van der Waals surface area contributed by atoms with Crippen molar-refractivity contribution in [3.8, 4) is 0 Å². The van der Waals surface area contributed by atoms with E-state index in [0.29, 0.717) is 10.2 Å². The van der Waals surface area contributed by atoms with E-state index in [2.05, 4.69) is 30.3 Å². The van der Waals surface area contributed by atoms with Gasteiger partial charge in [-0.3, -0.25) is 4.79 Å². The van der Waals surface area contributed by atoms with Gasteiger partial charge < -0.3 is 9.67 Å². The fourth-order valence-electron chi connectivity index (χ4n) is 2.02. The Labute approximate surface area is 133 Å². The smallest absolute Gasteiger partial charge is 0.313 e. The summed E-state index contributed by atoms with van der Waals surface area (Å²) in [6.45, 7) is 7.31. The summed E-state index contributed by atoms with van der Waals surface area (Å²) in [5.74, 6) is -0.854. The van der Waals surface area contributed by atoms with Crippen LogP contribution in [0, 0.1) is 5.41 Å². The maximum atomic E-state index is 10.8. The highest BCUT2D eigenvalue weighted by Gasteiger charge is 2.21. The molecule has 0 amide bonds. The summed E-state index contributed by atoms with van der Waals surface area (Å²) in [5.41, 5.74) is 1.80. The van der Waals surface area contributed by atoms with Crippen molar-refractivity contribution >= 4 is 40.4 Å². The molecule has 0 aliphatic heterocycles. The zero-order valence-electron chi connectivity index (χ0n) is 12.4. The standard InChI is InChI=1S/C15H19ClN2O2S/c1-4-15(2,3)9-18-11-7-5-6-10(16)13(11)17-14(18)21-8-12(19)20/h5-7H,4,8-9H2,1-3H3,(H,19,20). The maximum absolute atomic E-state index is 10.8. The first-order chi connectivity index (χ1) is 9.84. The fourth-order valence-corrected chi connectivity index (χ4v) is 2.96. The number of aromatic nitrogens is 2. The molecule has 1 aromatic heterocycles. The first-order valence-corrected chi connectivity index (χ1v) is 8.20. The zero-order chi connectivity index (χ0) is 15.6. The van der Waals surface area contributed by atoms with Crippen molar-refractivity contribution in [2.45, 2.75) is 38.9 Å². The molecule has 1 aromatic carbocycles. The molecule has 1 heterocycles. The van der Waals surface area contributed by atoms with Crippen LogP contribution in [0.15, 0.2) is 23.4 Å². The van der Waals surface area contributed by atoms with Crippen LogP contribution in [0.1, 0.15) is 27.2 Å². The Morgan fingerprint density at radius 1 is 1.48 bits per heavy atom. The second-order valence-electron chi connectivity index (χ2n) is 5.79. The van der Waals surface area contributed by atoms with Gasteiger partial charge in [-0.1, -0.05) is 50.2 Å². The summed E-state index contributed by atoms with van der Waals surface area (Å²) in [6, 6.07) is 5.68. The lowest BCUT2D eigenvalue weighted by Gasteiger charge is -2.24. The second kappa shape index (κ2) is 6.28. The SMILES string of the molecule is CCC(C)(C)Cn1c(SCC(=O)O)nc2c(Cl)cccc21. The third-order valence-corrected chi connectivity index (χ3v) is 4.83. The number of hydrogen-bond donors (Lipinski definition) is 1. The molecule has 4 nitrogen and oxygen atoms in total. The van der Waals surface area contributed by atoms with Gasteiger partial charge in [-0.25, -0.2) is 4.98 Å². The number of para-hydroxylation sites is 1. The van der Waals surface area contributed by atoms with E-state index in [0.717, 1.165) is 24.0 Å². The average Bonchev–Trinajstić information content (AvgIpc) is 2.76. The molecule has 2 rings (SSSR count). The van der Waals surface area contributed by atoms with E-state index in [-0.39, 0.29) is 11.2 Å². The molecular weight excluding hydrogens is 308 g/mol. The van der Waals surface area contributed by atoms with Gasteiger partial charge in [0.1, 0.15) is 5.52 Å². The molecule has 1 N–H and O–H groups in total. The van der Waals surface area contributed by atoms with Crippen LogP contribution in [0.4, 0.5) is 0 Å². The number of aliphatic carboxylic acids is 1. The molecule has 114 valence electrons. The molecule has 0 radical (unpaired) electrons. The van der Waals surface area contributed by atoms with E-state index >= 15 is 0 Å². The molecule has 0 aliphatic carbocycles. The monoisotopic (exact) mass is 326 g/mol. The quantitative estimate of drug-likeness (QED) is 0.804. The number of imidazole rings is 1. The van der Waals surface area contributed by atoms with Gasteiger partial charge in [0.2, 0.25) is 0 Å². The van der Waals surface area contributed by atoms with Crippen LogP contribution in [0.5, 0.6) is 0 Å². The van der Waals surface area contributed by atoms with Crippen molar-refractivity contribution in [2.75, 3.05) is 5.75 Å². The van der Waals surface area contributed by atoms with Crippen LogP contribution >= 0.6 is 23.4 Å². The Hall–Kier alpha value is -1.20. The molecule has 0 unspecified atom stereocenters. The Morgan fingerprint density at radius 3 is 2.81 bits per heavy atom. The molecule has 0 aliphatic rings. The molecule has 0 saturated heterocycles. The van der Waals surface area contributed by atoms with E-state index in [9.17, 15) is 4.79 Å². The number of halogens is 1. The molecular formula is C15H19ClN2O2S. The van der Waals surface area contributed by atoms with Crippen molar-refractivity contribution in [3.63, 3.8) is 0 Å². The van der Waals surface area contributed by atoms with Crippen molar-refractivity contribution in [2.24, 2.45) is 5.41 Å². The third kappa shape index (κ3) is 3.71. The highest BCUT2D eigenvalue weighted by atomic mass is 35.5. The van der Waals surface area contributed by atoms with E-state index in [1.54, 1.807) is 6.07 Å². The van der Waals surface area contributed by atoms with E-state index in [1.165, 1.54) is 11.8 Å². The predicted octanol–water partition coefficient (Wildman–Crippen LogP) is 4.30. The molecule has 0 saturated carbocycles. The van der Waals surface area contributed by atoms with Gasteiger partial charge in [0, 0.05) is 6.54 Å². The lowest BCUT2D eigenvalue weighted by molar-refractivity contribution is -0.133. The fraction of sp³-hybridized carbons (Fsp3) is 0.467. The number of carboxylic acids is 1. The van der Waals surface area contributed by atoms with E-state index in [1.807, 2.05) is 12.1 Å². The van der Waals surface area contributed by atoms with Gasteiger partial charge in [0.05, 0.1) is 16.3 Å². The number of rotatable bonds is 6.